The van der Waals surface area contributed by atoms with Crippen LogP contribution < -0.4 is 14.4 Å². The summed E-state index contributed by atoms with van der Waals surface area (Å²) in [6.07, 6.45) is 0. The first kappa shape index (κ1) is 27.7. The van der Waals surface area contributed by atoms with E-state index in [0.717, 1.165) is 0 Å². The van der Waals surface area contributed by atoms with E-state index >= 15 is 0 Å². The maximum Gasteiger partial charge on any atom is 0.325 e. The van der Waals surface area contributed by atoms with E-state index in [-0.39, 0.29) is 34.3 Å². The maximum absolute atomic E-state index is 13.3. The van der Waals surface area contributed by atoms with Gasteiger partial charge in [-0.1, -0.05) is 29.5 Å². The number of hydrogen-bond acceptors (Lipinski definition) is 7. The largest absolute Gasteiger partial charge is 0.468 e. The predicted octanol–water partition coefficient (Wildman–Crippen LogP) is 3.79. The van der Waals surface area contributed by atoms with Gasteiger partial charge in [0.25, 0.3) is 15.9 Å². The zero-order valence-corrected chi connectivity index (χ0v) is 23.1. The molecule has 0 fully saturated rings. The molecule has 0 saturated heterocycles. The first-order chi connectivity index (χ1) is 18.6. The summed E-state index contributed by atoms with van der Waals surface area (Å²) in [5.41, 5.74) is 1.91. The standard InChI is InChI=1S/C27H26N4O6S2/c1-4-31(21-8-6-5-7-9-21)39(35,36)22-13-10-19(11-14-22)26(34)29-27-30(17-25(33)37-3)23-15-12-20(28-18(2)32)16-24(23)38-27/h5-16H,4,17H2,1-3H3,(H,28,32). The van der Waals surface area contributed by atoms with Crippen molar-refractivity contribution in [3.8, 4) is 0 Å². The number of fused-ring (bicyclic) bond motifs is 1. The molecule has 10 nitrogen and oxygen atoms in total. The van der Waals surface area contributed by atoms with Crippen LogP contribution in [0.3, 0.4) is 0 Å². The summed E-state index contributed by atoms with van der Waals surface area (Å²) in [5, 5.41) is 2.70. The Labute approximate surface area is 229 Å². The van der Waals surface area contributed by atoms with E-state index in [9.17, 15) is 22.8 Å². The number of anilines is 2. The van der Waals surface area contributed by atoms with Crippen molar-refractivity contribution in [3.05, 3.63) is 83.2 Å². The molecule has 39 heavy (non-hydrogen) atoms. The minimum Gasteiger partial charge on any atom is -0.468 e. The summed E-state index contributed by atoms with van der Waals surface area (Å²) in [4.78, 5) is 41.1. The average molecular weight is 567 g/mol. The first-order valence-electron chi connectivity index (χ1n) is 11.9. The van der Waals surface area contributed by atoms with Crippen molar-refractivity contribution in [1.29, 1.82) is 0 Å². The molecule has 4 aromatic rings. The topological polar surface area (TPSA) is 127 Å². The van der Waals surface area contributed by atoms with Crippen molar-refractivity contribution < 1.29 is 27.5 Å². The summed E-state index contributed by atoms with van der Waals surface area (Å²) in [7, 11) is -2.59. The molecule has 0 aliphatic rings. The Hall–Kier alpha value is -4.29. The Morgan fingerprint density at radius 3 is 2.33 bits per heavy atom. The molecule has 0 saturated carbocycles. The summed E-state index contributed by atoms with van der Waals surface area (Å²) < 4.78 is 34.8. The molecule has 1 aromatic heterocycles. The lowest BCUT2D eigenvalue weighted by atomic mass is 10.2. The molecule has 0 spiro atoms. The summed E-state index contributed by atoms with van der Waals surface area (Å²) >= 11 is 1.17. The van der Waals surface area contributed by atoms with Gasteiger partial charge in [-0.15, -0.1) is 0 Å². The third kappa shape index (κ3) is 6.07. The van der Waals surface area contributed by atoms with E-state index in [1.807, 2.05) is 0 Å². The molecule has 2 amide bonds. The van der Waals surface area contributed by atoms with Gasteiger partial charge in [0.05, 0.1) is 27.9 Å². The molecular weight excluding hydrogens is 540 g/mol. The van der Waals surface area contributed by atoms with Crippen LogP contribution in [0.2, 0.25) is 0 Å². The van der Waals surface area contributed by atoms with Gasteiger partial charge in [-0.25, -0.2) is 8.42 Å². The van der Waals surface area contributed by atoms with Crippen LogP contribution >= 0.6 is 11.3 Å². The number of carbonyl (C=O) groups excluding carboxylic acids is 3. The summed E-state index contributed by atoms with van der Waals surface area (Å²) in [6, 6.07) is 19.4. The van der Waals surface area contributed by atoms with Crippen LogP contribution in [0.5, 0.6) is 0 Å². The molecule has 0 bridgehead atoms. The number of esters is 1. The number of nitrogens with zero attached hydrogens (tertiary/aromatic N) is 3. The number of ether oxygens (including phenoxy) is 1. The molecule has 202 valence electrons. The second kappa shape index (κ2) is 11.6. The van der Waals surface area contributed by atoms with Crippen molar-refractivity contribution in [3.63, 3.8) is 0 Å². The number of carbonyl (C=O) groups is 3. The van der Waals surface area contributed by atoms with E-state index < -0.39 is 21.9 Å². The Morgan fingerprint density at radius 2 is 1.72 bits per heavy atom. The van der Waals surface area contributed by atoms with Crippen molar-refractivity contribution in [2.75, 3.05) is 23.3 Å². The zero-order valence-electron chi connectivity index (χ0n) is 21.5. The van der Waals surface area contributed by atoms with Crippen LogP contribution in [-0.4, -0.2) is 44.4 Å². The molecule has 0 aliphatic heterocycles. The summed E-state index contributed by atoms with van der Waals surface area (Å²) in [5.74, 6) is -1.37. The number of benzene rings is 3. The van der Waals surface area contributed by atoms with Gasteiger partial charge in [0.15, 0.2) is 4.80 Å². The molecular formula is C27H26N4O6S2. The van der Waals surface area contributed by atoms with Gasteiger partial charge in [-0.05, 0) is 61.5 Å². The lowest BCUT2D eigenvalue weighted by Crippen LogP contribution is -2.30. The van der Waals surface area contributed by atoms with Crippen LogP contribution in [0, 0.1) is 0 Å². The number of para-hydroxylation sites is 1. The monoisotopic (exact) mass is 566 g/mol. The van der Waals surface area contributed by atoms with Gasteiger partial charge in [0, 0.05) is 24.7 Å². The van der Waals surface area contributed by atoms with Gasteiger partial charge >= 0.3 is 5.97 Å². The average Bonchev–Trinajstić information content (AvgIpc) is 3.24. The lowest BCUT2D eigenvalue weighted by molar-refractivity contribution is -0.141. The van der Waals surface area contributed by atoms with Crippen LogP contribution in [0.1, 0.15) is 24.2 Å². The van der Waals surface area contributed by atoms with Gasteiger partial charge in [0.1, 0.15) is 6.54 Å². The minimum absolute atomic E-state index is 0.0397. The number of methoxy groups -OCH3 is 1. The van der Waals surface area contributed by atoms with Gasteiger partial charge in [-0.3, -0.25) is 18.7 Å². The number of sulfonamides is 1. The van der Waals surface area contributed by atoms with Gasteiger partial charge < -0.3 is 14.6 Å². The highest BCUT2D eigenvalue weighted by molar-refractivity contribution is 7.92. The lowest BCUT2D eigenvalue weighted by Gasteiger charge is -2.22. The number of nitrogens with one attached hydrogen (secondary N) is 1. The van der Waals surface area contributed by atoms with Gasteiger partial charge in [-0.2, -0.15) is 4.99 Å². The maximum atomic E-state index is 13.3. The SMILES string of the molecule is CCN(c1ccccc1)S(=O)(=O)c1ccc(C(=O)N=c2sc3cc(NC(C)=O)ccc3n2CC(=O)OC)cc1. The van der Waals surface area contributed by atoms with Crippen molar-refractivity contribution >= 4 is 60.7 Å². The Kier molecular flexibility index (Phi) is 8.27. The van der Waals surface area contributed by atoms with E-state index in [4.69, 9.17) is 4.74 Å². The highest BCUT2D eigenvalue weighted by Gasteiger charge is 2.24. The quantitative estimate of drug-likeness (QED) is 0.323. The second-order valence-corrected chi connectivity index (χ2v) is 11.2. The van der Waals surface area contributed by atoms with Crippen LogP contribution in [-0.2, 0) is 30.9 Å². The number of rotatable bonds is 8. The Morgan fingerprint density at radius 1 is 1.03 bits per heavy atom. The highest BCUT2D eigenvalue weighted by atomic mass is 32.2. The number of aromatic nitrogens is 1. The molecule has 1 N–H and O–H groups in total. The third-order valence-corrected chi connectivity index (χ3v) is 8.69. The van der Waals surface area contributed by atoms with E-state index in [1.54, 1.807) is 60.0 Å². The van der Waals surface area contributed by atoms with Crippen LogP contribution in [0.15, 0.2) is 82.7 Å². The molecule has 3 aromatic carbocycles. The summed E-state index contributed by atoms with van der Waals surface area (Å²) in [6.45, 7) is 3.20. The Balaban J connectivity index is 1.69. The molecule has 4 rings (SSSR count). The smallest absolute Gasteiger partial charge is 0.325 e. The zero-order chi connectivity index (χ0) is 28.2. The molecule has 0 unspecified atom stereocenters. The van der Waals surface area contributed by atoms with Crippen molar-refractivity contribution in [2.45, 2.75) is 25.3 Å². The predicted molar refractivity (Wildman–Crippen MR) is 149 cm³/mol. The first-order valence-corrected chi connectivity index (χ1v) is 14.1. The minimum atomic E-state index is -3.85. The van der Waals surface area contributed by atoms with Crippen molar-refractivity contribution in [1.82, 2.24) is 4.57 Å². The van der Waals surface area contributed by atoms with E-state index in [2.05, 4.69) is 10.3 Å². The van der Waals surface area contributed by atoms with E-state index in [1.165, 1.54) is 53.9 Å². The number of amides is 2. The molecule has 1 heterocycles. The molecule has 0 atom stereocenters. The molecule has 0 aliphatic carbocycles. The second-order valence-electron chi connectivity index (χ2n) is 8.36. The molecule has 12 heteroatoms. The fourth-order valence-electron chi connectivity index (χ4n) is 3.92. The number of thiazole rings is 1. The normalized spacial score (nSPS) is 11.8. The van der Waals surface area contributed by atoms with Crippen LogP contribution in [0.4, 0.5) is 11.4 Å². The highest BCUT2D eigenvalue weighted by Crippen LogP contribution is 2.24. The fraction of sp³-hybridized carbons (Fsp3) is 0.185. The third-order valence-electron chi connectivity index (χ3n) is 5.74. The molecule has 0 radical (unpaired) electrons. The fourth-order valence-corrected chi connectivity index (χ4v) is 6.46. The van der Waals surface area contributed by atoms with Crippen LogP contribution in [0.25, 0.3) is 10.2 Å². The number of hydrogen-bond donors (Lipinski definition) is 1. The Bertz CT molecular complexity index is 1710. The van der Waals surface area contributed by atoms with E-state index in [0.29, 0.717) is 21.6 Å². The van der Waals surface area contributed by atoms with Crippen molar-refractivity contribution in [2.24, 2.45) is 4.99 Å². The van der Waals surface area contributed by atoms with Gasteiger partial charge in [0.2, 0.25) is 5.91 Å².